The Hall–Kier alpha value is -0.780. The fourth-order valence-electron chi connectivity index (χ4n) is 3.95. The van der Waals surface area contributed by atoms with Crippen molar-refractivity contribution >= 4 is 0 Å². The van der Waals surface area contributed by atoms with E-state index in [-0.39, 0.29) is 0 Å². The van der Waals surface area contributed by atoms with Gasteiger partial charge < -0.3 is 0 Å². The van der Waals surface area contributed by atoms with E-state index < -0.39 is 0 Å². The molecule has 0 unspecified atom stereocenters. The lowest BCUT2D eigenvalue weighted by molar-refractivity contribution is 0.224. The van der Waals surface area contributed by atoms with Gasteiger partial charge in [0.25, 0.3) is 0 Å². The third-order valence-electron chi connectivity index (χ3n) is 5.56. The smallest absolute Gasteiger partial charge is 0.0161 e. The van der Waals surface area contributed by atoms with Crippen molar-refractivity contribution in [2.24, 2.45) is 5.41 Å². The molecule has 0 saturated heterocycles. The van der Waals surface area contributed by atoms with Crippen molar-refractivity contribution in [3.8, 4) is 0 Å². The Morgan fingerprint density at radius 1 is 0.905 bits per heavy atom. The molecule has 1 aromatic carbocycles. The van der Waals surface area contributed by atoms with Gasteiger partial charge in [-0.1, -0.05) is 53.7 Å². The van der Waals surface area contributed by atoms with E-state index in [0.29, 0.717) is 17.3 Å². The molecule has 2 rings (SSSR count). The van der Waals surface area contributed by atoms with Crippen LogP contribution in [0.25, 0.3) is 0 Å². The van der Waals surface area contributed by atoms with Gasteiger partial charge in [0.2, 0.25) is 0 Å². The lowest BCUT2D eigenvalue weighted by atomic mass is 9.70. The van der Waals surface area contributed by atoms with Gasteiger partial charge in [-0.05, 0) is 78.0 Å². The van der Waals surface area contributed by atoms with Crippen molar-refractivity contribution in [2.75, 3.05) is 0 Å². The van der Waals surface area contributed by atoms with Crippen LogP contribution in [0.15, 0.2) is 12.1 Å². The average Bonchev–Trinajstić information content (AvgIpc) is 2.38. The molecule has 1 fully saturated rings. The van der Waals surface area contributed by atoms with Gasteiger partial charge in [0, 0.05) is 0 Å². The first-order chi connectivity index (χ1) is 9.71. The van der Waals surface area contributed by atoms with E-state index in [1.54, 1.807) is 16.7 Å². The first-order valence-electron chi connectivity index (χ1n) is 8.85. The van der Waals surface area contributed by atoms with Crippen LogP contribution < -0.4 is 0 Å². The van der Waals surface area contributed by atoms with E-state index >= 15 is 0 Å². The van der Waals surface area contributed by atoms with E-state index in [1.165, 1.54) is 31.2 Å². The number of hydrogen-bond donors (Lipinski definition) is 0. The topological polar surface area (TPSA) is 0 Å². The van der Waals surface area contributed by atoms with Gasteiger partial charge >= 0.3 is 0 Å². The molecule has 21 heavy (non-hydrogen) atoms. The lowest BCUT2D eigenvalue weighted by Crippen LogP contribution is -2.20. The highest BCUT2D eigenvalue weighted by molar-refractivity contribution is 5.43. The van der Waals surface area contributed by atoms with Crippen LogP contribution in [0.1, 0.15) is 107 Å². The molecule has 1 saturated carbocycles. The zero-order valence-electron chi connectivity index (χ0n) is 15.2. The van der Waals surface area contributed by atoms with Crippen molar-refractivity contribution in [3.63, 3.8) is 0 Å². The standard InChI is InChI=1S/C21H34/c1-14(2)19-12-18(13-20(15(3)4)16(19)5)17-8-10-21(6,7)11-9-17/h12-15,17H,8-11H2,1-7H3. The van der Waals surface area contributed by atoms with Crippen LogP contribution in [0.4, 0.5) is 0 Å². The normalized spacial score (nSPS) is 19.5. The fraction of sp³-hybridized carbons (Fsp3) is 0.714. The Bertz CT molecular complexity index is 452. The Morgan fingerprint density at radius 2 is 1.33 bits per heavy atom. The minimum atomic E-state index is 0.558. The van der Waals surface area contributed by atoms with Crippen LogP contribution in [0.3, 0.4) is 0 Å². The first-order valence-corrected chi connectivity index (χ1v) is 8.85. The molecule has 0 spiro atoms. The van der Waals surface area contributed by atoms with Crippen LogP contribution in [0.5, 0.6) is 0 Å². The van der Waals surface area contributed by atoms with Crippen molar-refractivity contribution in [2.45, 2.75) is 91.9 Å². The second kappa shape index (κ2) is 6.15. The van der Waals surface area contributed by atoms with Gasteiger partial charge in [-0.25, -0.2) is 0 Å². The highest BCUT2D eigenvalue weighted by Crippen LogP contribution is 2.43. The van der Waals surface area contributed by atoms with Crippen LogP contribution in [0, 0.1) is 12.3 Å². The molecule has 0 nitrogen and oxygen atoms in total. The largest absolute Gasteiger partial charge is 0.0599 e. The van der Waals surface area contributed by atoms with Crippen molar-refractivity contribution in [1.82, 2.24) is 0 Å². The summed E-state index contributed by atoms with van der Waals surface area (Å²) in [7, 11) is 0. The molecule has 0 heterocycles. The zero-order chi connectivity index (χ0) is 15.8. The summed E-state index contributed by atoms with van der Waals surface area (Å²) in [5, 5.41) is 0. The molecule has 0 aromatic heterocycles. The molecule has 0 N–H and O–H groups in total. The van der Waals surface area contributed by atoms with E-state index in [2.05, 4.69) is 60.6 Å². The molecule has 0 radical (unpaired) electrons. The summed E-state index contributed by atoms with van der Waals surface area (Å²) in [5.74, 6) is 2.04. The van der Waals surface area contributed by atoms with Gasteiger partial charge in [0.1, 0.15) is 0 Å². The van der Waals surface area contributed by atoms with Crippen molar-refractivity contribution < 1.29 is 0 Å². The van der Waals surface area contributed by atoms with Gasteiger partial charge in [-0.2, -0.15) is 0 Å². The van der Waals surface area contributed by atoms with E-state index in [4.69, 9.17) is 0 Å². The molecule has 0 bridgehead atoms. The number of hydrogen-bond acceptors (Lipinski definition) is 0. The minimum Gasteiger partial charge on any atom is -0.0599 e. The maximum atomic E-state index is 2.52. The molecular formula is C21H34. The average molecular weight is 287 g/mol. The summed E-state index contributed by atoms with van der Waals surface area (Å²) >= 11 is 0. The highest BCUT2D eigenvalue weighted by atomic mass is 14.3. The molecule has 1 aliphatic rings. The van der Waals surface area contributed by atoms with Crippen LogP contribution in [-0.2, 0) is 0 Å². The summed E-state index contributed by atoms with van der Waals surface area (Å²) in [4.78, 5) is 0. The van der Waals surface area contributed by atoms with Crippen LogP contribution in [-0.4, -0.2) is 0 Å². The highest BCUT2D eigenvalue weighted by Gasteiger charge is 2.28. The Balaban J connectivity index is 2.36. The molecular weight excluding hydrogens is 252 g/mol. The minimum absolute atomic E-state index is 0.558. The fourth-order valence-corrected chi connectivity index (χ4v) is 3.95. The zero-order valence-corrected chi connectivity index (χ0v) is 15.2. The third kappa shape index (κ3) is 3.71. The Morgan fingerprint density at radius 3 is 1.71 bits per heavy atom. The molecule has 1 aromatic rings. The summed E-state index contributed by atoms with van der Waals surface area (Å²) in [6, 6.07) is 5.05. The molecule has 0 aliphatic heterocycles. The monoisotopic (exact) mass is 286 g/mol. The van der Waals surface area contributed by atoms with E-state index in [9.17, 15) is 0 Å². The SMILES string of the molecule is Cc1c(C(C)C)cc(C2CCC(C)(C)CC2)cc1C(C)C. The van der Waals surface area contributed by atoms with Gasteiger partial charge in [-0.15, -0.1) is 0 Å². The Kier molecular flexibility index (Phi) is 4.85. The second-order valence-electron chi connectivity index (χ2n) is 8.57. The predicted octanol–water partition coefficient (Wildman–Crippen LogP) is 6.93. The van der Waals surface area contributed by atoms with Crippen LogP contribution >= 0.6 is 0 Å². The van der Waals surface area contributed by atoms with Gasteiger partial charge in [-0.3, -0.25) is 0 Å². The molecule has 0 atom stereocenters. The van der Waals surface area contributed by atoms with E-state index in [0.717, 1.165) is 5.92 Å². The number of benzene rings is 1. The maximum Gasteiger partial charge on any atom is -0.0161 e. The maximum absolute atomic E-state index is 2.52. The summed E-state index contributed by atoms with van der Waals surface area (Å²) in [6.45, 7) is 16.5. The predicted molar refractivity (Wildman–Crippen MR) is 94.3 cm³/mol. The summed E-state index contributed by atoms with van der Waals surface area (Å²) < 4.78 is 0. The molecule has 0 heteroatoms. The Labute approximate surface area is 132 Å². The van der Waals surface area contributed by atoms with Crippen molar-refractivity contribution in [3.05, 3.63) is 34.4 Å². The van der Waals surface area contributed by atoms with Gasteiger partial charge in [0.05, 0.1) is 0 Å². The van der Waals surface area contributed by atoms with E-state index in [1.807, 2.05) is 0 Å². The van der Waals surface area contributed by atoms with Crippen molar-refractivity contribution in [1.29, 1.82) is 0 Å². The molecule has 1 aliphatic carbocycles. The first kappa shape index (κ1) is 16.6. The van der Waals surface area contributed by atoms with Crippen LogP contribution in [0.2, 0.25) is 0 Å². The molecule has 0 amide bonds. The quantitative estimate of drug-likeness (QED) is 0.565. The summed E-state index contributed by atoms with van der Waals surface area (Å²) in [6.07, 6.45) is 5.48. The van der Waals surface area contributed by atoms with Gasteiger partial charge in [0.15, 0.2) is 0 Å². The second-order valence-corrected chi connectivity index (χ2v) is 8.57. The lowest BCUT2D eigenvalue weighted by Gasteiger charge is -2.35. The summed E-state index contributed by atoms with van der Waals surface area (Å²) in [5.41, 5.74) is 6.84. The third-order valence-corrected chi connectivity index (χ3v) is 5.56. The number of rotatable bonds is 3. The molecule has 118 valence electrons.